The number of benzene rings is 1. The molecule has 0 aliphatic rings. The quantitative estimate of drug-likeness (QED) is 0.658. The Morgan fingerprint density at radius 2 is 1.89 bits per heavy atom. The largest absolute Gasteiger partial charge is 0.322 e. The minimum Gasteiger partial charge on any atom is -0.322 e. The molecule has 0 bridgehead atoms. The number of nitrogens with two attached hydrogens (primary N) is 1. The van der Waals surface area contributed by atoms with Gasteiger partial charge in [-0.3, -0.25) is 4.98 Å². The van der Waals surface area contributed by atoms with E-state index in [1.807, 2.05) is 6.07 Å². The Morgan fingerprint density at radius 3 is 2.50 bits per heavy atom. The molecule has 0 fully saturated rings. The van der Waals surface area contributed by atoms with E-state index in [9.17, 15) is 0 Å². The third kappa shape index (κ3) is 3.76. The highest BCUT2D eigenvalue weighted by Gasteiger charge is 2.12. The molecule has 5 heteroatoms. The fourth-order valence-corrected chi connectivity index (χ4v) is 3.31. The maximum Gasteiger partial charge on any atom is 0.0716 e. The maximum absolute atomic E-state index is 6.21. The Balaban J connectivity index is 2.16. The lowest BCUT2D eigenvalue weighted by Crippen LogP contribution is -2.15. The highest BCUT2D eigenvalue weighted by molar-refractivity contribution is 14.1. The van der Waals surface area contributed by atoms with Gasteiger partial charge < -0.3 is 5.73 Å². The van der Waals surface area contributed by atoms with Crippen molar-refractivity contribution in [1.29, 1.82) is 0 Å². The number of hydrogen-bond acceptors (Lipinski definition) is 2. The second kappa shape index (κ2) is 6.45. The van der Waals surface area contributed by atoms with Crippen LogP contribution in [0.15, 0.2) is 45.5 Å². The highest BCUT2D eigenvalue weighted by Crippen LogP contribution is 2.25. The van der Waals surface area contributed by atoms with Crippen molar-refractivity contribution in [2.45, 2.75) is 12.5 Å². The normalized spacial score (nSPS) is 12.4. The lowest BCUT2D eigenvalue weighted by atomic mass is 10.0. The molecule has 1 atom stereocenters. The Morgan fingerprint density at radius 1 is 1.22 bits per heavy atom. The van der Waals surface area contributed by atoms with Crippen LogP contribution in [0.4, 0.5) is 0 Å². The average molecular weight is 482 g/mol. The molecular formula is C13H11Br2IN2. The van der Waals surface area contributed by atoms with Gasteiger partial charge in [0.25, 0.3) is 0 Å². The van der Waals surface area contributed by atoms with Gasteiger partial charge >= 0.3 is 0 Å². The lowest BCUT2D eigenvalue weighted by molar-refractivity contribution is 0.692. The number of aromatic nitrogens is 1. The van der Waals surface area contributed by atoms with Crippen molar-refractivity contribution < 1.29 is 0 Å². The Hall–Kier alpha value is 0.0200. The molecule has 0 aliphatic heterocycles. The molecule has 18 heavy (non-hydrogen) atoms. The zero-order valence-corrected chi connectivity index (χ0v) is 14.7. The first-order valence-electron chi connectivity index (χ1n) is 5.37. The molecule has 94 valence electrons. The fourth-order valence-electron chi connectivity index (χ4n) is 1.67. The number of hydrogen-bond donors (Lipinski definition) is 1. The van der Waals surface area contributed by atoms with Crippen molar-refractivity contribution in [2.24, 2.45) is 5.73 Å². The molecule has 0 amide bonds. The monoisotopic (exact) mass is 480 g/mol. The van der Waals surface area contributed by atoms with Crippen LogP contribution in [0.2, 0.25) is 0 Å². The predicted molar refractivity (Wildman–Crippen MR) is 89.4 cm³/mol. The van der Waals surface area contributed by atoms with Crippen molar-refractivity contribution in [1.82, 2.24) is 4.98 Å². The van der Waals surface area contributed by atoms with Gasteiger partial charge in [0.2, 0.25) is 0 Å². The van der Waals surface area contributed by atoms with Gasteiger partial charge in [-0.2, -0.15) is 0 Å². The number of halogens is 3. The van der Waals surface area contributed by atoms with E-state index in [0.29, 0.717) is 0 Å². The van der Waals surface area contributed by atoms with Crippen LogP contribution in [-0.2, 0) is 6.42 Å². The average Bonchev–Trinajstić information content (AvgIpc) is 2.32. The zero-order valence-electron chi connectivity index (χ0n) is 9.41. The summed E-state index contributed by atoms with van der Waals surface area (Å²) in [6, 6.07) is 10.3. The third-order valence-electron chi connectivity index (χ3n) is 2.56. The van der Waals surface area contributed by atoms with Crippen LogP contribution < -0.4 is 5.73 Å². The second-order valence-corrected chi connectivity index (χ2v) is 6.97. The molecule has 0 spiro atoms. The maximum atomic E-state index is 6.21. The zero-order chi connectivity index (χ0) is 13.1. The van der Waals surface area contributed by atoms with Crippen molar-refractivity contribution in [2.75, 3.05) is 0 Å². The van der Waals surface area contributed by atoms with E-state index in [1.165, 1.54) is 9.13 Å². The minimum atomic E-state index is -0.104. The molecule has 0 saturated carbocycles. The summed E-state index contributed by atoms with van der Waals surface area (Å²) in [6.45, 7) is 0. The van der Waals surface area contributed by atoms with Crippen LogP contribution >= 0.6 is 54.5 Å². The first-order valence-corrected chi connectivity index (χ1v) is 8.03. The number of pyridine rings is 1. The standard InChI is InChI=1S/C13H11Br2IN2/c14-9-6-11(15)13(18-7-9)12(17)5-8-1-3-10(16)4-2-8/h1-4,6-7,12H,5,17H2. The number of nitrogens with zero attached hydrogens (tertiary/aromatic N) is 1. The van der Waals surface area contributed by atoms with Crippen LogP contribution in [0.5, 0.6) is 0 Å². The van der Waals surface area contributed by atoms with Crippen LogP contribution in [0.25, 0.3) is 0 Å². The number of rotatable bonds is 3. The summed E-state index contributed by atoms with van der Waals surface area (Å²) in [4.78, 5) is 4.37. The van der Waals surface area contributed by atoms with Crippen molar-refractivity contribution in [3.8, 4) is 0 Å². The van der Waals surface area contributed by atoms with E-state index in [4.69, 9.17) is 5.73 Å². The summed E-state index contributed by atoms with van der Waals surface area (Å²) in [5.74, 6) is 0. The van der Waals surface area contributed by atoms with Gasteiger partial charge in [-0.25, -0.2) is 0 Å². The summed E-state index contributed by atoms with van der Waals surface area (Å²) in [5.41, 5.74) is 8.31. The lowest BCUT2D eigenvalue weighted by Gasteiger charge is -2.13. The molecule has 1 aromatic heterocycles. The Bertz CT molecular complexity index is 543. The van der Waals surface area contributed by atoms with Gasteiger partial charge in [0, 0.05) is 18.7 Å². The van der Waals surface area contributed by atoms with Crippen LogP contribution in [0.3, 0.4) is 0 Å². The van der Waals surface area contributed by atoms with E-state index in [0.717, 1.165) is 21.1 Å². The molecule has 0 saturated heterocycles. The highest BCUT2D eigenvalue weighted by atomic mass is 127. The van der Waals surface area contributed by atoms with E-state index in [1.54, 1.807) is 6.20 Å². The second-order valence-electron chi connectivity index (χ2n) is 3.96. The van der Waals surface area contributed by atoms with Gasteiger partial charge in [-0.15, -0.1) is 0 Å². The summed E-state index contributed by atoms with van der Waals surface area (Å²) in [5, 5.41) is 0. The first kappa shape index (κ1) is 14.4. The van der Waals surface area contributed by atoms with Gasteiger partial charge in [0.1, 0.15) is 0 Å². The van der Waals surface area contributed by atoms with Crippen LogP contribution in [0.1, 0.15) is 17.3 Å². The van der Waals surface area contributed by atoms with Crippen molar-refractivity contribution in [3.63, 3.8) is 0 Å². The van der Waals surface area contributed by atoms with E-state index in [2.05, 4.69) is 83.7 Å². The fraction of sp³-hybridized carbons (Fsp3) is 0.154. The van der Waals surface area contributed by atoms with Gasteiger partial charge in [0.05, 0.1) is 11.7 Å². The van der Waals surface area contributed by atoms with Gasteiger partial charge in [0.15, 0.2) is 0 Å². The Kier molecular flexibility index (Phi) is 5.17. The topological polar surface area (TPSA) is 38.9 Å². The minimum absolute atomic E-state index is 0.104. The van der Waals surface area contributed by atoms with Gasteiger partial charge in [-0.05, 0) is 84.6 Å². The summed E-state index contributed by atoms with van der Waals surface area (Å²) in [7, 11) is 0. The van der Waals surface area contributed by atoms with Gasteiger partial charge in [-0.1, -0.05) is 12.1 Å². The smallest absolute Gasteiger partial charge is 0.0716 e. The molecular weight excluding hydrogens is 471 g/mol. The predicted octanol–water partition coefficient (Wildman–Crippen LogP) is 4.45. The molecule has 1 heterocycles. The molecule has 1 unspecified atom stereocenters. The van der Waals surface area contributed by atoms with E-state index >= 15 is 0 Å². The molecule has 2 aromatic rings. The molecule has 1 aromatic carbocycles. The van der Waals surface area contributed by atoms with Crippen LogP contribution in [-0.4, -0.2) is 4.98 Å². The first-order chi connectivity index (χ1) is 8.56. The summed E-state index contributed by atoms with van der Waals surface area (Å²) >= 11 is 9.18. The van der Waals surface area contributed by atoms with E-state index < -0.39 is 0 Å². The van der Waals surface area contributed by atoms with Crippen LogP contribution in [0, 0.1) is 3.57 Å². The molecule has 0 aliphatic carbocycles. The Labute approximate surface area is 137 Å². The molecule has 2 nitrogen and oxygen atoms in total. The summed E-state index contributed by atoms with van der Waals surface area (Å²) < 4.78 is 3.11. The molecule has 2 rings (SSSR count). The summed E-state index contributed by atoms with van der Waals surface area (Å²) in [6.07, 6.45) is 2.55. The third-order valence-corrected chi connectivity index (χ3v) is 4.34. The van der Waals surface area contributed by atoms with Crippen molar-refractivity contribution in [3.05, 3.63) is 60.3 Å². The SMILES string of the molecule is NC(Cc1ccc(I)cc1)c1ncc(Br)cc1Br. The van der Waals surface area contributed by atoms with E-state index in [-0.39, 0.29) is 6.04 Å². The molecule has 0 radical (unpaired) electrons. The molecule has 2 N–H and O–H groups in total. The van der Waals surface area contributed by atoms with Crippen molar-refractivity contribution >= 4 is 54.5 Å².